The number of benzene rings is 1. The minimum absolute atomic E-state index is 0.284. The third kappa shape index (κ3) is 1.22. The van der Waals surface area contributed by atoms with E-state index in [0.717, 1.165) is 18.4 Å². The molecule has 2 aliphatic rings. The van der Waals surface area contributed by atoms with Crippen molar-refractivity contribution in [2.45, 2.75) is 26.2 Å². The van der Waals surface area contributed by atoms with Crippen LogP contribution in [0.2, 0.25) is 0 Å². The maximum Gasteiger partial charge on any atom is 0.158 e. The monoisotopic (exact) mass is 214 g/mol. The van der Waals surface area contributed by atoms with E-state index in [4.69, 9.17) is 0 Å². The summed E-state index contributed by atoms with van der Waals surface area (Å²) >= 11 is 0. The zero-order valence-electron chi connectivity index (χ0n) is 9.29. The van der Waals surface area contributed by atoms with Gasteiger partial charge in [-0.15, -0.1) is 0 Å². The molecule has 0 bridgehead atoms. The van der Waals surface area contributed by atoms with Crippen LogP contribution < -0.4 is 0 Å². The van der Waals surface area contributed by atoms with Crippen molar-refractivity contribution in [3.05, 3.63) is 34.9 Å². The van der Waals surface area contributed by atoms with Crippen LogP contribution in [-0.2, 0) is 11.2 Å². The van der Waals surface area contributed by atoms with Crippen LogP contribution in [0.15, 0.2) is 23.8 Å². The number of carbonyl (C=O) groups excluding carboxylic acids is 1. The van der Waals surface area contributed by atoms with Gasteiger partial charge in [-0.25, -0.2) is 0 Å². The number of fused-ring (bicyclic) bond motifs is 3. The van der Waals surface area contributed by atoms with Crippen LogP contribution >= 0.6 is 0 Å². The molecule has 0 saturated carbocycles. The molecule has 0 aliphatic heterocycles. The molecule has 1 aromatic carbocycles. The molecular weight excluding hydrogens is 200 g/mol. The lowest BCUT2D eigenvalue weighted by Gasteiger charge is -2.20. The quantitative estimate of drug-likeness (QED) is 0.721. The topological polar surface area (TPSA) is 37.3 Å². The van der Waals surface area contributed by atoms with E-state index in [1.807, 2.05) is 19.1 Å². The number of phenols is 1. The van der Waals surface area contributed by atoms with E-state index in [-0.39, 0.29) is 5.78 Å². The number of hydrogen-bond donors (Lipinski definition) is 1. The van der Waals surface area contributed by atoms with Crippen LogP contribution in [0, 0.1) is 5.92 Å². The van der Waals surface area contributed by atoms with Crippen molar-refractivity contribution in [1.82, 2.24) is 0 Å². The molecule has 0 heterocycles. The van der Waals surface area contributed by atoms with E-state index in [1.54, 1.807) is 6.07 Å². The van der Waals surface area contributed by atoms with Crippen molar-refractivity contribution in [1.29, 1.82) is 0 Å². The zero-order valence-corrected chi connectivity index (χ0v) is 9.29. The van der Waals surface area contributed by atoms with E-state index in [2.05, 4.69) is 0 Å². The molecule has 1 aromatic rings. The zero-order chi connectivity index (χ0) is 11.3. The van der Waals surface area contributed by atoms with Gasteiger partial charge in [-0.05, 0) is 60.1 Å². The van der Waals surface area contributed by atoms with E-state index < -0.39 is 0 Å². The van der Waals surface area contributed by atoms with Crippen LogP contribution in [0.25, 0.3) is 5.57 Å². The molecule has 0 amide bonds. The van der Waals surface area contributed by atoms with E-state index in [1.165, 1.54) is 16.7 Å². The molecule has 1 atom stereocenters. The summed E-state index contributed by atoms with van der Waals surface area (Å²) in [4.78, 5) is 11.7. The highest BCUT2D eigenvalue weighted by atomic mass is 16.3. The van der Waals surface area contributed by atoms with Gasteiger partial charge in [0.2, 0.25) is 0 Å². The molecular formula is C14H14O2. The van der Waals surface area contributed by atoms with Crippen LogP contribution in [0.5, 0.6) is 5.75 Å². The van der Waals surface area contributed by atoms with Crippen molar-refractivity contribution < 1.29 is 9.90 Å². The normalized spacial score (nSPS) is 23.3. The van der Waals surface area contributed by atoms with Crippen molar-refractivity contribution in [2.24, 2.45) is 5.92 Å². The first kappa shape index (κ1) is 9.64. The minimum atomic E-state index is 0.284. The first-order chi connectivity index (χ1) is 7.66. The third-order valence-electron chi connectivity index (χ3n) is 3.80. The lowest BCUT2D eigenvalue weighted by Crippen LogP contribution is -2.14. The van der Waals surface area contributed by atoms with E-state index >= 15 is 0 Å². The van der Waals surface area contributed by atoms with Crippen LogP contribution in [0.4, 0.5) is 0 Å². The molecule has 82 valence electrons. The van der Waals surface area contributed by atoms with Crippen molar-refractivity contribution >= 4 is 11.4 Å². The highest BCUT2D eigenvalue weighted by Gasteiger charge is 2.33. The summed E-state index contributed by atoms with van der Waals surface area (Å²) in [7, 11) is 0. The van der Waals surface area contributed by atoms with Crippen LogP contribution in [0.3, 0.4) is 0 Å². The lowest BCUT2D eigenvalue weighted by molar-refractivity contribution is -0.116. The molecule has 1 N–H and O–H groups in total. The van der Waals surface area contributed by atoms with Gasteiger partial charge in [-0.3, -0.25) is 4.79 Å². The molecule has 0 saturated heterocycles. The molecule has 0 unspecified atom stereocenters. The molecule has 0 radical (unpaired) electrons. The van der Waals surface area contributed by atoms with Gasteiger partial charge in [0.15, 0.2) is 5.78 Å². The largest absolute Gasteiger partial charge is 0.508 e. The Bertz CT molecular complexity index is 511. The number of hydrogen-bond acceptors (Lipinski definition) is 2. The molecule has 3 rings (SSSR count). The van der Waals surface area contributed by atoms with Gasteiger partial charge in [0.05, 0.1) is 0 Å². The van der Waals surface area contributed by atoms with Gasteiger partial charge in [-0.2, -0.15) is 0 Å². The van der Waals surface area contributed by atoms with Crippen molar-refractivity contribution in [3.8, 4) is 5.75 Å². The van der Waals surface area contributed by atoms with Gasteiger partial charge < -0.3 is 5.11 Å². The summed E-state index contributed by atoms with van der Waals surface area (Å²) in [5.74, 6) is 1.10. The summed E-state index contributed by atoms with van der Waals surface area (Å²) in [5, 5.41) is 9.46. The maximum absolute atomic E-state index is 11.7. The molecule has 2 aliphatic carbocycles. The van der Waals surface area contributed by atoms with Gasteiger partial charge in [0.25, 0.3) is 0 Å². The number of phenolic OH excluding ortho intramolecular Hbond substituents is 1. The summed E-state index contributed by atoms with van der Waals surface area (Å²) in [5.41, 5.74) is 4.52. The fourth-order valence-electron chi connectivity index (χ4n) is 3.00. The Labute approximate surface area is 94.6 Å². The average molecular weight is 214 g/mol. The second-order valence-electron chi connectivity index (χ2n) is 4.74. The summed E-state index contributed by atoms with van der Waals surface area (Å²) in [6.07, 6.45) is 2.62. The van der Waals surface area contributed by atoms with Crippen molar-refractivity contribution in [3.63, 3.8) is 0 Å². The Balaban J connectivity index is 2.20. The molecule has 0 aromatic heterocycles. The summed E-state index contributed by atoms with van der Waals surface area (Å²) in [6.45, 7) is 1.94. The van der Waals surface area contributed by atoms with Gasteiger partial charge in [0, 0.05) is 6.42 Å². The molecule has 0 fully saturated rings. The number of aromatic hydroxyl groups is 1. The van der Waals surface area contributed by atoms with Gasteiger partial charge >= 0.3 is 0 Å². The average Bonchev–Trinajstić information content (AvgIpc) is 2.61. The molecule has 2 heteroatoms. The third-order valence-corrected chi connectivity index (χ3v) is 3.80. The lowest BCUT2D eigenvalue weighted by atomic mass is 9.83. The first-order valence-electron chi connectivity index (χ1n) is 5.73. The SMILES string of the molecule is CC1=C2c3ccc(O)cc3C[C@@H]2CCC1=O. The second kappa shape index (κ2) is 3.21. The minimum Gasteiger partial charge on any atom is -0.508 e. The van der Waals surface area contributed by atoms with Crippen LogP contribution in [-0.4, -0.2) is 10.9 Å². The Morgan fingerprint density at radius 3 is 3.00 bits per heavy atom. The Kier molecular flexibility index (Phi) is 1.93. The second-order valence-corrected chi connectivity index (χ2v) is 4.74. The van der Waals surface area contributed by atoms with Crippen molar-refractivity contribution in [2.75, 3.05) is 0 Å². The Morgan fingerprint density at radius 2 is 2.19 bits per heavy atom. The van der Waals surface area contributed by atoms with Crippen LogP contribution in [0.1, 0.15) is 30.9 Å². The molecule has 16 heavy (non-hydrogen) atoms. The van der Waals surface area contributed by atoms with E-state index in [0.29, 0.717) is 18.1 Å². The number of carbonyl (C=O) groups is 1. The predicted octanol–water partition coefficient (Wildman–Crippen LogP) is 2.70. The Hall–Kier alpha value is -1.57. The summed E-state index contributed by atoms with van der Waals surface area (Å²) < 4.78 is 0. The van der Waals surface area contributed by atoms with Gasteiger partial charge in [0.1, 0.15) is 5.75 Å². The van der Waals surface area contributed by atoms with Gasteiger partial charge in [-0.1, -0.05) is 6.07 Å². The standard InChI is InChI=1S/C14H14O2/c1-8-13(16)5-2-9-6-10-7-11(15)3-4-12(10)14(8)9/h3-4,7,9,15H,2,5-6H2,1H3/t9-/m0/s1. The smallest absolute Gasteiger partial charge is 0.158 e. The number of allylic oxidation sites excluding steroid dienone is 2. The predicted molar refractivity (Wildman–Crippen MR) is 62.1 cm³/mol. The number of Topliss-reactive ketones (excluding diaryl/α,β-unsaturated/α-hetero) is 1. The fourth-order valence-corrected chi connectivity index (χ4v) is 3.00. The maximum atomic E-state index is 11.7. The number of ketones is 1. The first-order valence-corrected chi connectivity index (χ1v) is 5.73. The fraction of sp³-hybridized carbons (Fsp3) is 0.357. The molecule has 0 spiro atoms. The summed E-state index contributed by atoms with van der Waals surface area (Å²) in [6, 6.07) is 5.49. The highest BCUT2D eigenvalue weighted by Crippen LogP contribution is 2.45. The van der Waals surface area contributed by atoms with E-state index in [9.17, 15) is 9.90 Å². The highest BCUT2D eigenvalue weighted by molar-refractivity contribution is 6.05. The molecule has 2 nitrogen and oxygen atoms in total. The Morgan fingerprint density at radius 1 is 1.38 bits per heavy atom. The number of rotatable bonds is 0.